The second kappa shape index (κ2) is 7.97. The Morgan fingerprint density at radius 3 is 3.00 bits per heavy atom. The van der Waals surface area contributed by atoms with Crippen LogP contribution in [0, 0.1) is 0 Å². The minimum atomic E-state index is -0.429. The first kappa shape index (κ1) is 13.9. The fraction of sp³-hybridized carbons (Fsp3) is 1.00. The molecule has 0 spiro atoms. The van der Waals surface area contributed by atoms with Crippen LogP contribution in [0.15, 0.2) is 0 Å². The molecule has 1 fully saturated rings. The van der Waals surface area contributed by atoms with E-state index in [1.807, 2.05) is 0 Å². The van der Waals surface area contributed by atoms with Crippen molar-refractivity contribution < 1.29 is 14.6 Å². The molecule has 1 rings (SSSR count). The molecule has 2 unspecified atom stereocenters. The molecule has 0 radical (unpaired) electrons. The van der Waals surface area contributed by atoms with Gasteiger partial charge in [-0.05, 0) is 19.4 Å². The van der Waals surface area contributed by atoms with E-state index in [0.29, 0.717) is 26.4 Å². The summed E-state index contributed by atoms with van der Waals surface area (Å²) in [6.45, 7) is 4.04. The van der Waals surface area contributed by atoms with Crippen molar-refractivity contribution in [1.82, 2.24) is 4.90 Å². The normalized spacial score (nSPS) is 24.6. The van der Waals surface area contributed by atoms with Crippen LogP contribution in [0.5, 0.6) is 0 Å². The van der Waals surface area contributed by atoms with Crippen LogP contribution in [-0.4, -0.2) is 68.7 Å². The number of nitrogens with two attached hydrogens (primary N) is 1. The van der Waals surface area contributed by atoms with Gasteiger partial charge in [-0.25, -0.2) is 0 Å². The van der Waals surface area contributed by atoms with E-state index >= 15 is 0 Å². The third kappa shape index (κ3) is 5.77. The molecule has 0 aromatic rings. The maximum Gasteiger partial charge on any atom is 0.0900 e. The average molecular weight is 232 g/mol. The molecule has 96 valence electrons. The Balaban J connectivity index is 2.06. The van der Waals surface area contributed by atoms with Crippen molar-refractivity contribution in [2.24, 2.45) is 5.73 Å². The van der Waals surface area contributed by atoms with Gasteiger partial charge in [0.2, 0.25) is 0 Å². The Labute approximate surface area is 97.5 Å². The van der Waals surface area contributed by atoms with Gasteiger partial charge in [0.25, 0.3) is 0 Å². The Bertz CT molecular complexity index is 181. The highest BCUT2D eigenvalue weighted by Crippen LogP contribution is 2.08. The molecular formula is C11H24N2O3. The maximum atomic E-state index is 9.74. The second-order valence-electron chi connectivity index (χ2n) is 4.38. The molecule has 5 nitrogen and oxygen atoms in total. The van der Waals surface area contributed by atoms with E-state index < -0.39 is 6.10 Å². The van der Waals surface area contributed by atoms with Crippen LogP contribution in [-0.2, 0) is 9.47 Å². The number of hydrogen-bond donors (Lipinski definition) is 2. The lowest BCUT2D eigenvalue weighted by Crippen LogP contribution is -2.46. The highest BCUT2D eigenvalue weighted by molar-refractivity contribution is 4.76. The predicted molar refractivity (Wildman–Crippen MR) is 62.4 cm³/mol. The van der Waals surface area contributed by atoms with Gasteiger partial charge in [-0.1, -0.05) is 0 Å². The van der Waals surface area contributed by atoms with Crippen molar-refractivity contribution in [3.8, 4) is 0 Å². The number of aliphatic hydroxyl groups is 1. The first-order chi connectivity index (χ1) is 7.72. The standard InChI is InChI=1S/C11H24N2O3/c1-15-5-6-16-9-11(14)8-13-4-2-3-10(12)7-13/h10-11,14H,2-9,12H2,1H3. The zero-order valence-electron chi connectivity index (χ0n) is 10.1. The monoisotopic (exact) mass is 232 g/mol. The molecule has 1 aliphatic rings. The van der Waals surface area contributed by atoms with Gasteiger partial charge >= 0.3 is 0 Å². The van der Waals surface area contributed by atoms with Crippen LogP contribution >= 0.6 is 0 Å². The quantitative estimate of drug-likeness (QED) is 0.576. The molecule has 1 saturated heterocycles. The number of rotatable bonds is 7. The molecule has 16 heavy (non-hydrogen) atoms. The average Bonchev–Trinajstić information content (AvgIpc) is 2.24. The summed E-state index contributed by atoms with van der Waals surface area (Å²) < 4.78 is 10.1. The molecule has 0 aliphatic carbocycles. The first-order valence-corrected chi connectivity index (χ1v) is 5.95. The third-order valence-electron chi connectivity index (χ3n) is 2.75. The van der Waals surface area contributed by atoms with E-state index in [4.69, 9.17) is 15.2 Å². The molecule has 1 aliphatic heterocycles. The van der Waals surface area contributed by atoms with Gasteiger partial charge in [-0.15, -0.1) is 0 Å². The van der Waals surface area contributed by atoms with E-state index in [1.165, 1.54) is 0 Å². The molecule has 0 saturated carbocycles. The number of hydrogen-bond acceptors (Lipinski definition) is 5. The number of likely N-dealkylation sites (tertiary alicyclic amines) is 1. The number of aliphatic hydroxyl groups excluding tert-OH is 1. The van der Waals surface area contributed by atoms with E-state index in [9.17, 15) is 5.11 Å². The molecule has 2 atom stereocenters. The van der Waals surface area contributed by atoms with Crippen molar-refractivity contribution in [2.75, 3.05) is 46.6 Å². The summed E-state index contributed by atoms with van der Waals surface area (Å²) in [5.74, 6) is 0. The lowest BCUT2D eigenvalue weighted by Gasteiger charge is -2.31. The zero-order chi connectivity index (χ0) is 11.8. The number of β-amino-alcohol motifs (C(OH)–C–C–N with tert-alkyl or cyclic N) is 1. The maximum absolute atomic E-state index is 9.74. The predicted octanol–water partition coefficient (Wildman–Crippen LogP) is -0.567. The summed E-state index contributed by atoms with van der Waals surface area (Å²) in [4.78, 5) is 2.21. The highest BCUT2D eigenvalue weighted by atomic mass is 16.5. The van der Waals surface area contributed by atoms with Crippen LogP contribution in [0.2, 0.25) is 0 Å². The minimum absolute atomic E-state index is 0.260. The fourth-order valence-corrected chi connectivity index (χ4v) is 1.97. The van der Waals surface area contributed by atoms with Gasteiger partial charge in [-0.2, -0.15) is 0 Å². The van der Waals surface area contributed by atoms with E-state index in [0.717, 1.165) is 25.9 Å². The summed E-state index contributed by atoms with van der Waals surface area (Å²) in [7, 11) is 1.63. The van der Waals surface area contributed by atoms with Crippen LogP contribution in [0.3, 0.4) is 0 Å². The number of ether oxygens (including phenoxy) is 2. The van der Waals surface area contributed by atoms with Crippen LogP contribution < -0.4 is 5.73 Å². The van der Waals surface area contributed by atoms with Crippen LogP contribution in [0.25, 0.3) is 0 Å². The second-order valence-corrected chi connectivity index (χ2v) is 4.38. The van der Waals surface area contributed by atoms with E-state index in [-0.39, 0.29) is 6.04 Å². The van der Waals surface area contributed by atoms with Gasteiger partial charge in [0.15, 0.2) is 0 Å². The molecular weight excluding hydrogens is 208 g/mol. The Morgan fingerprint density at radius 1 is 1.50 bits per heavy atom. The molecule has 5 heteroatoms. The lowest BCUT2D eigenvalue weighted by molar-refractivity contribution is -0.00352. The molecule has 1 heterocycles. The van der Waals surface area contributed by atoms with Crippen molar-refractivity contribution in [2.45, 2.75) is 25.0 Å². The summed E-state index contributed by atoms with van der Waals surface area (Å²) in [6, 6.07) is 0.260. The summed E-state index contributed by atoms with van der Waals surface area (Å²) >= 11 is 0. The number of piperidine rings is 1. The van der Waals surface area contributed by atoms with Gasteiger partial charge in [0.1, 0.15) is 0 Å². The van der Waals surface area contributed by atoms with Crippen molar-refractivity contribution >= 4 is 0 Å². The Hall–Kier alpha value is -0.200. The van der Waals surface area contributed by atoms with Crippen molar-refractivity contribution in [3.63, 3.8) is 0 Å². The molecule has 0 bridgehead atoms. The Kier molecular flexibility index (Phi) is 6.91. The van der Waals surface area contributed by atoms with Gasteiger partial charge in [-0.3, -0.25) is 4.90 Å². The highest BCUT2D eigenvalue weighted by Gasteiger charge is 2.18. The summed E-state index contributed by atoms with van der Waals surface area (Å²) in [5, 5.41) is 9.74. The van der Waals surface area contributed by atoms with E-state index in [2.05, 4.69) is 4.90 Å². The topological polar surface area (TPSA) is 68.0 Å². The van der Waals surface area contributed by atoms with Gasteiger partial charge in [0, 0.05) is 26.2 Å². The zero-order valence-corrected chi connectivity index (χ0v) is 10.1. The van der Waals surface area contributed by atoms with Gasteiger partial charge in [0.05, 0.1) is 25.9 Å². The summed E-state index contributed by atoms with van der Waals surface area (Å²) in [6.07, 6.45) is 1.79. The van der Waals surface area contributed by atoms with Crippen LogP contribution in [0.1, 0.15) is 12.8 Å². The molecule has 0 aromatic heterocycles. The first-order valence-electron chi connectivity index (χ1n) is 5.95. The van der Waals surface area contributed by atoms with E-state index in [1.54, 1.807) is 7.11 Å². The van der Waals surface area contributed by atoms with Crippen molar-refractivity contribution in [1.29, 1.82) is 0 Å². The molecule has 0 aromatic carbocycles. The number of methoxy groups -OCH3 is 1. The smallest absolute Gasteiger partial charge is 0.0900 e. The molecule has 3 N–H and O–H groups in total. The van der Waals surface area contributed by atoms with Gasteiger partial charge < -0.3 is 20.3 Å². The Morgan fingerprint density at radius 2 is 2.31 bits per heavy atom. The summed E-state index contributed by atoms with van der Waals surface area (Å²) in [5.41, 5.74) is 5.87. The molecule has 0 amide bonds. The third-order valence-corrected chi connectivity index (χ3v) is 2.75. The largest absolute Gasteiger partial charge is 0.389 e. The minimum Gasteiger partial charge on any atom is -0.389 e. The van der Waals surface area contributed by atoms with Crippen molar-refractivity contribution in [3.05, 3.63) is 0 Å². The SMILES string of the molecule is COCCOCC(O)CN1CCCC(N)C1. The fourth-order valence-electron chi connectivity index (χ4n) is 1.97. The lowest BCUT2D eigenvalue weighted by atomic mass is 10.1. The van der Waals surface area contributed by atoms with Crippen LogP contribution in [0.4, 0.5) is 0 Å². The number of nitrogens with zero attached hydrogens (tertiary/aromatic N) is 1.